The number of carbonyl (C=O) groups is 2. The van der Waals surface area contributed by atoms with Crippen molar-refractivity contribution >= 4 is 11.9 Å². The number of aliphatic hydroxyl groups is 1. The fourth-order valence-corrected chi connectivity index (χ4v) is 1.55. The number of rotatable bonds is 2. The second-order valence-corrected chi connectivity index (χ2v) is 3.35. The molecular weight excluding hydrogens is 174 g/mol. The predicted octanol–water partition coefficient (Wildman–Crippen LogP) is -0.652. The SMILES string of the molecule is O=C(O)C(=O)NCC1CCC(O)C1. The molecule has 2 unspecified atom stereocenters. The molecule has 74 valence electrons. The quantitative estimate of drug-likeness (QED) is 0.501. The first-order chi connectivity index (χ1) is 6.09. The van der Waals surface area contributed by atoms with E-state index in [0.29, 0.717) is 13.0 Å². The Morgan fingerprint density at radius 2 is 2.08 bits per heavy atom. The van der Waals surface area contributed by atoms with Gasteiger partial charge in [-0.25, -0.2) is 4.79 Å². The summed E-state index contributed by atoms with van der Waals surface area (Å²) in [5.74, 6) is -2.21. The number of carbonyl (C=O) groups excluding carboxylic acids is 1. The molecule has 1 rings (SSSR count). The molecule has 1 aliphatic rings. The van der Waals surface area contributed by atoms with Crippen LogP contribution >= 0.6 is 0 Å². The third-order valence-electron chi connectivity index (χ3n) is 2.26. The summed E-state index contributed by atoms with van der Waals surface area (Å²) >= 11 is 0. The highest BCUT2D eigenvalue weighted by Gasteiger charge is 2.23. The van der Waals surface area contributed by atoms with E-state index >= 15 is 0 Å². The van der Waals surface area contributed by atoms with Crippen LogP contribution in [0.2, 0.25) is 0 Å². The number of carboxylic acid groups (broad SMARTS) is 1. The van der Waals surface area contributed by atoms with E-state index in [1.807, 2.05) is 0 Å². The Bertz CT molecular complexity index is 216. The first-order valence-corrected chi connectivity index (χ1v) is 4.28. The normalized spacial score (nSPS) is 27.2. The lowest BCUT2D eigenvalue weighted by Gasteiger charge is -2.08. The summed E-state index contributed by atoms with van der Waals surface area (Å²) in [6, 6.07) is 0. The second kappa shape index (κ2) is 4.23. The number of aliphatic hydroxyl groups excluding tert-OH is 1. The summed E-state index contributed by atoms with van der Waals surface area (Å²) in [5, 5.41) is 19.7. The lowest BCUT2D eigenvalue weighted by molar-refractivity contribution is -0.150. The van der Waals surface area contributed by atoms with Crippen LogP contribution in [0.25, 0.3) is 0 Å². The molecule has 0 spiro atoms. The topological polar surface area (TPSA) is 86.6 Å². The van der Waals surface area contributed by atoms with Gasteiger partial charge in [-0.2, -0.15) is 0 Å². The lowest BCUT2D eigenvalue weighted by Crippen LogP contribution is -2.34. The summed E-state index contributed by atoms with van der Waals surface area (Å²) in [7, 11) is 0. The van der Waals surface area contributed by atoms with Crippen LogP contribution < -0.4 is 5.32 Å². The van der Waals surface area contributed by atoms with Crippen molar-refractivity contribution in [2.24, 2.45) is 5.92 Å². The van der Waals surface area contributed by atoms with Crippen molar-refractivity contribution in [3.8, 4) is 0 Å². The summed E-state index contributed by atoms with van der Waals surface area (Å²) in [6.45, 7) is 0.349. The smallest absolute Gasteiger partial charge is 0.394 e. The maximum absolute atomic E-state index is 10.6. The molecule has 0 aromatic rings. The van der Waals surface area contributed by atoms with Gasteiger partial charge in [0.05, 0.1) is 6.10 Å². The van der Waals surface area contributed by atoms with Gasteiger partial charge < -0.3 is 15.5 Å². The van der Waals surface area contributed by atoms with Crippen molar-refractivity contribution in [2.45, 2.75) is 25.4 Å². The number of hydrogen-bond acceptors (Lipinski definition) is 3. The van der Waals surface area contributed by atoms with E-state index in [0.717, 1.165) is 12.8 Å². The van der Waals surface area contributed by atoms with Crippen molar-refractivity contribution in [1.82, 2.24) is 5.32 Å². The van der Waals surface area contributed by atoms with Crippen molar-refractivity contribution in [3.05, 3.63) is 0 Å². The van der Waals surface area contributed by atoms with Crippen LogP contribution in [-0.4, -0.2) is 34.7 Å². The average Bonchev–Trinajstić information content (AvgIpc) is 2.47. The van der Waals surface area contributed by atoms with E-state index in [1.54, 1.807) is 0 Å². The van der Waals surface area contributed by atoms with Gasteiger partial charge in [-0.1, -0.05) is 0 Å². The minimum atomic E-state index is -1.46. The highest BCUT2D eigenvalue weighted by Crippen LogP contribution is 2.24. The Labute approximate surface area is 75.7 Å². The molecule has 0 saturated heterocycles. The number of amides is 1. The van der Waals surface area contributed by atoms with Crippen LogP contribution in [0, 0.1) is 5.92 Å². The largest absolute Gasteiger partial charge is 0.474 e. The summed E-state index contributed by atoms with van der Waals surface area (Å²) < 4.78 is 0. The van der Waals surface area contributed by atoms with Gasteiger partial charge >= 0.3 is 11.9 Å². The third kappa shape index (κ3) is 3.02. The molecule has 1 fully saturated rings. The van der Waals surface area contributed by atoms with E-state index in [1.165, 1.54) is 0 Å². The minimum Gasteiger partial charge on any atom is -0.474 e. The Hall–Kier alpha value is -1.10. The van der Waals surface area contributed by atoms with E-state index in [4.69, 9.17) is 10.2 Å². The number of nitrogens with one attached hydrogen (secondary N) is 1. The fraction of sp³-hybridized carbons (Fsp3) is 0.750. The summed E-state index contributed by atoms with van der Waals surface area (Å²) in [5.41, 5.74) is 0. The molecule has 1 saturated carbocycles. The fourth-order valence-electron chi connectivity index (χ4n) is 1.55. The van der Waals surface area contributed by atoms with Gasteiger partial charge in [0.2, 0.25) is 0 Å². The minimum absolute atomic E-state index is 0.221. The highest BCUT2D eigenvalue weighted by atomic mass is 16.4. The Balaban J connectivity index is 2.20. The van der Waals surface area contributed by atoms with Gasteiger partial charge in [-0.05, 0) is 25.2 Å². The zero-order valence-electron chi connectivity index (χ0n) is 7.19. The van der Waals surface area contributed by atoms with Crippen LogP contribution in [-0.2, 0) is 9.59 Å². The molecular formula is C8H13NO4. The Morgan fingerprint density at radius 1 is 1.38 bits per heavy atom. The standard InChI is InChI=1S/C8H13NO4/c10-6-2-1-5(3-6)4-9-7(11)8(12)13/h5-6,10H,1-4H2,(H,9,11)(H,12,13). The third-order valence-corrected chi connectivity index (χ3v) is 2.26. The molecule has 0 aromatic heterocycles. The van der Waals surface area contributed by atoms with Gasteiger partial charge in [-0.15, -0.1) is 0 Å². The molecule has 0 bridgehead atoms. The number of aliphatic carboxylic acids is 1. The van der Waals surface area contributed by atoms with E-state index in [2.05, 4.69) is 5.32 Å². The van der Waals surface area contributed by atoms with Crippen LogP contribution in [0.15, 0.2) is 0 Å². The van der Waals surface area contributed by atoms with Gasteiger partial charge in [0.25, 0.3) is 0 Å². The lowest BCUT2D eigenvalue weighted by atomic mass is 10.1. The Morgan fingerprint density at radius 3 is 2.54 bits per heavy atom. The zero-order chi connectivity index (χ0) is 9.84. The maximum Gasteiger partial charge on any atom is 0.394 e. The predicted molar refractivity (Wildman–Crippen MR) is 44.0 cm³/mol. The van der Waals surface area contributed by atoms with Crippen LogP contribution in [0.3, 0.4) is 0 Å². The maximum atomic E-state index is 10.6. The van der Waals surface area contributed by atoms with Crippen molar-refractivity contribution in [2.75, 3.05) is 6.54 Å². The molecule has 0 aromatic carbocycles. The van der Waals surface area contributed by atoms with Crippen LogP contribution in [0.5, 0.6) is 0 Å². The molecule has 5 heteroatoms. The van der Waals surface area contributed by atoms with E-state index < -0.39 is 11.9 Å². The van der Waals surface area contributed by atoms with E-state index in [-0.39, 0.29) is 12.0 Å². The first kappa shape index (κ1) is 9.98. The second-order valence-electron chi connectivity index (χ2n) is 3.35. The zero-order valence-corrected chi connectivity index (χ0v) is 7.19. The van der Waals surface area contributed by atoms with Gasteiger partial charge in [-0.3, -0.25) is 4.79 Å². The van der Waals surface area contributed by atoms with Crippen molar-refractivity contribution in [3.63, 3.8) is 0 Å². The van der Waals surface area contributed by atoms with Gasteiger partial charge in [0.15, 0.2) is 0 Å². The first-order valence-electron chi connectivity index (χ1n) is 4.28. The van der Waals surface area contributed by atoms with E-state index in [9.17, 15) is 9.59 Å². The molecule has 2 atom stereocenters. The molecule has 1 aliphatic carbocycles. The molecule has 5 nitrogen and oxygen atoms in total. The number of hydrogen-bond donors (Lipinski definition) is 3. The summed E-state index contributed by atoms with van der Waals surface area (Å²) in [4.78, 5) is 20.7. The number of carboxylic acids is 1. The molecule has 0 heterocycles. The highest BCUT2D eigenvalue weighted by molar-refractivity contribution is 6.31. The van der Waals surface area contributed by atoms with Crippen LogP contribution in [0.1, 0.15) is 19.3 Å². The molecule has 3 N–H and O–H groups in total. The van der Waals surface area contributed by atoms with Gasteiger partial charge in [0, 0.05) is 6.54 Å². The molecule has 1 amide bonds. The molecule has 0 aliphatic heterocycles. The summed E-state index contributed by atoms with van der Waals surface area (Å²) in [6.07, 6.45) is 1.96. The molecule has 13 heavy (non-hydrogen) atoms. The van der Waals surface area contributed by atoms with Crippen LogP contribution in [0.4, 0.5) is 0 Å². The average molecular weight is 187 g/mol. The van der Waals surface area contributed by atoms with Crippen molar-refractivity contribution < 1.29 is 19.8 Å². The Kier molecular flexibility index (Phi) is 3.25. The van der Waals surface area contributed by atoms with Gasteiger partial charge in [0.1, 0.15) is 0 Å². The monoisotopic (exact) mass is 187 g/mol. The van der Waals surface area contributed by atoms with Crippen molar-refractivity contribution in [1.29, 1.82) is 0 Å². The molecule has 0 radical (unpaired) electrons.